The van der Waals surface area contributed by atoms with Crippen molar-refractivity contribution in [3.8, 4) is 5.75 Å². The molecule has 0 amide bonds. The van der Waals surface area contributed by atoms with Crippen LogP contribution < -0.4 is 9.64 Å². The zero-order chi connectivity index (χ0) is 23.4. The third-order valence-corrected chi connectivity index (χ3v) is 7.31. The molecule has 1 saturated heterocycles. The largest absolute Gasteiger partial charge is 0.497 e. The molecule has 33 heavy (non-hydrogen) atoms. The molecule has 5 nitrogen and oxygen atoms in total. The van der Waals surface area contributed by atoms with E-state index in [1.165, 1.54) is 16.8 Å². The molecule has 0 bridgehead atoms. The fourth-order valence-electron chi connectivity index (χ4n) is 5.31. The summed E-state index contributed by atoms with van der Waals surface area (Å²) in [5.41, 5.74) is 3.97. The van der Waals surface area contributed by atoms with Gasteiger partial charge in [0, 0.05) is 25.9 Å². The Balaban J connectivity index is 1.68. The average Bonchev–Trinajstić information content (AvgIpc) is 3.33. The van der Waals surface area contributed by atoms with Crippen molar-refractivity contribution in [1.82, 2.24) is 4.90 Å². The van der Waals surface area contributed by atoms with Crippen LogP contribution in [0.4, 0.5) is 5.69 Å². The Morgan fingerprint density at radius 3 is 2.55 bits per heavy atom. The molecule has 5 heteroatoms. The lowest BCUT2D eigenvalue weighted by Gasteiger charge is -2.47. The Bertz CT molecular complexity index is 944. The molecule has 1 N–H and O–H groups in total. The highest BCUT2D eigenvalue weighted by Crippen LogP contribution is 2.41. The van der Waals surface area contributed by atoms with E-state index in [-0.39, 0.29) is 12.1 Å². The van der Waals surface area contributed by atoms with Crippen molar-refractivity contribution >= 4 is 5.69 Å². The summed E-state index contributed by atoms with van der Waals surface area (Å²) in [5.74, 6) is 0.863. The zero-order valence-electron chi connectivity index (χ0n) is 20.3. The van der Waals surface area contributed by atoms with Crippen molar-refractivity contribution < 1.29 is 14.6 Å². The maximum Gasteiger partial charge on any atom is 0.136 e. The highest BCUT2D eigenvalue weighted by Gasteiger charge is 2.42. The number of aryl methyl sites for hydroxylation is 1. The Hall–Kier alpha value is -2.34. The van der Waals surface area contributed by atoms with Crippen LogP contribution in [0.15, 0.2) is 60.7 Å². The predicted octanol–water partition coefficient (Wildman–Crippen LogP) is 4.95. The van der Waals surface area contributed by atoms with E-state index in [4.69, 9.17) is 9.47 Å². The number of rotatable bonds is 9. The molecule has 178 valence electrons. The fraction of sp³-hybridized carbons (Fsp3) is 0.500. The van der Waals surface area contributed by atoms with Gasteiger partial charge in [0.1, 0.15) is 11.5 Å². The highest BCUT2D eigenvalue weighted by molar-refractivity contribution is 5.58. The van der Waals surface area contributed by atoms with E-state index in [9.17, 15) is 5.11 Å². The van der Waals surface area contributed by atoms with Crippen LogP contribution in [0, 0.1) is 0 Å². The molecule has 2 aliphatic rings. The lowest BCUT2D eigenvalue weighted by molar-refractivity contribution is -0.102. The molecule has 2 heterocycles. The number of fused-ring (bicyclic) bond motifs is 1. The van der Waals surface area contributed by atoms with Gasteiger partial charge in [-0.15, -0.1) is 6.58 Å². The quantitative estimate of drug-likeness (QED) is 0.548. The summed E-state index contributed by atoms with van der Waals surface area (Å²) in [5, 5.41) is 12.2. The molecule has 2 aromatic rings. The molecule has 0 aliphatic carbocycles. The van der Waals surface area contributed by atoms with Crippen LogP contribution >= 0.6 is 0 Å². The number of nitrogens with zero attached hydrogens (tertiary/aromatic N) is 2. The highest BCUT2D eigenvalue weighted by atomic mass is 16.5. The van der Waals surface area contributed by atoms with Gasteiger partial charge in [-0.25, -0.2) is 0 Å². The lowest BCUT2D eigenvalue weighted by atomic mass is 9.89. The van der Waals surface area contributed by atoms with E-state index >= 15 is 0 Å². The number of hydrogen-bond acceptors (Lipinski definition) is 5. The van der Waals surface area contributed by atoms with E-state index in [1.807, 2.05) is 19.1 Å². The summed E-state index contributed by atoms with van der Waals surface area (Å²) >= 11 is 0. The van der Waals surface area contributed by atoms with Crippen molar-refractivity contribution in [1.29, 1.82) is 0 Å². The van der Waals surface area contributed by atoms with Gasteiger partial charge in [0.25, 0.3) is 0 Å². The smallest absolute Gasteiger partial charge is 0.136 e. The average molecular weight is 451 g/mol. The number of anilines is 1. The van der Waals surface area contributed by atoms with E-state index in [0.29, 0.717) is 13.0 Å². The number of para-hydroxylation sites is 1. The van der Waals surface area contributed by atoms with Gasteiger partial charge < -0.3 is 19.5 Å². The minimum absolute atomic E-state index is 0.174. The summed E-state index contributed by atoms with van der Waals surface area (Å²) in [6.45, 7) is 8.28. The Labute approximate surface area is 198 Å². The number of ether oxygens (including phenoxy) is 2. The van der Waals surface area contributed by atoms with Gasteiger partial charge in [-0.1, -0.05) is 35.9 Å². The van der Waals surface area contributed by atoms with Crippen molar-refractivity contribution in [2.45, 2.75) is 56.9 Å². The molecular weight excluding hydrogens is 412 g/mol. The monoisotopic (exact) mass is 450 g/mol. The van der Waals surface area contributed by atoms with Crippen molar-refractivity contribution in [2.75, 3.05) is 38.8 Å². The summed E-state index contributed by atoms with van der Waals surface area (Å²) in [6, 6.07) is 17.2. The second kappa shape index (κ2) is 10.3. The number of benzene rings is 2. The summed E-state index contributed by atoms with van der Waals surface area (Å²) in [6.07, 6.45) is 4.63. The first kappa shape index (κ1) is 23.8. The van der Waals surface area contributed by atoms with Gasteiger partial charge in [0.15, 0.2) is 0 Å². The summed E-state index contributed by atoms with van der Waals surface area (Å²) < 4.78 is 11.0. The zero-order valence-corrected chi connectivity index (χ0v) is 20.3. The van der Waals surface area contributed by atoms with Crippen LogP contribution in [0.25, 0.3) is 0 Å². The molecule has 4 rings (SSSR count). The summed E-state index contributed by atoms with van der Waals surface area (Å²) in [4.78, 5) is 4.66. The van der Waals surface area contributed by atoms with Crippen LogP contribution in [0.5, 0.6) is 5.75 Å². The third kappa shape index (κ3) is 5.26. The molecule has 0 saturated carbocycles. The Morgan fingerprint density at radius 2 is 1.88 bits per heavy atom. The molecule has 1 fully saturated rings. The lowest BCUT2D eigenvalue weighted by Crippen LogP contribution is -2.56. The van der Waals surface area contributed by atoms with Gasteiger partial charge in [-0.2, -0.15) is 0 Å². The Morgan fingerprint density at radius 1 is 1.12 bits per heavy atom. The van der Waals surface area contributed by atoms with Crippen LogP contribution in [-0.2, 0) is 11.2 Å². The number of aliphatic hydroxyl groups is 1. The van der Waals surface area contributed by atoms with Gasteiger partial charge >= 0.3 is 0 Å². The van der Waals surface area contributed by atoms with Gasteiger partial charge in [0.2, 0.25) is 0 Å². The van der Waals surface area contributed by atoms with Crippen LogP contribution in [0.3, 0.4) is 0 Å². The van der Waals surface area contributed by atoms with Crippen molar-refractivity contribution in [3.63, 3.8) is 0 Å². The molecule has 3 atom stereocenters. The number of likely N-dealkylation sites (tertiary alicyclic amines) is 1. The maximum atomic E-state index is 12.2. The van der Waals surface area contributed by atoms with Crippen molar-refractivity contribution in [3.05, 3.63) is 71.8 Å². The molecule has 0 spiro atoms. The van der Waals surface area contributed by atoms with E-state index in [2.05, 4.69) is 52.8 Å². The summed E-state index contributed by atoms with van der Waals surface area (Å²) in [7, 11) is 3.46. The predicted molar refractivity (Wildman–Crippen MR) is 134 cm³/mol. The van der Waals surface area contributed by atoms with Crippen LogP contribution in [-0.4, -0.2) is 55.7 Å². The molecule has 2 aliphatic heterocycles. The Kier molecular flexibility index (Phi) is 7.42. The second-order valence-corrected chi connectivity index (χ2v) is 9.62. The fourth-order valence-corrected chi connectivity index (χ4v) is 5.31. The molecular formula is C28H38N2O3. The first-order chi connectivity index (χ1) is 15.9. The first-order valence-corrected chi connectivity index (χ1v) is 12.1. The molecule has 0 aromatic heterocycles. The SMILES string of the molecule is C=C(C)CCC(O)(CN1c2ccccc2CCC1c1ccc(OC)cc1)N1CCC(OC)C1. The second-order valence-electron chi connectivity index (χ2n) is 9.62. The van der Waals surface area contributed by atoms with Gasteiger partial charge in [-0.3, -0.25) is 4.90 Å². The number of allylic oxidation sites excluding steroid dienone is 1. The van der Waals surface area contributed by atoms with E-state index < -0.39 is 5.72 Å². The first-order valence-electron chi connectivity index (χ1n) is 12.1. The van der Waals surface area contributed by atoms with Crippen LogP contribution in [0.1, 0.15) is 49.8 Å². The molecule has 2 aromatic carbocycles. The number of methoxy groups -OCH3 is 2. The topological polar surface area (TPSA) is 45.2 Å². The minimum Gasteiger partial charge on any atom is -0.497 e. The van der Waals surface area contributed by atoms with Gasteiger partial charge in [0.05, 0.1) is 25.8 Å². The van der Waals surface area contributed by atoms with E-state index in [1.54, 1.807) is 14.2 Å². The normalized spacial score (nSPS) is 22.6. The van der Waals surface area contributed by atoms with Gasteiger partial charge in [-0.05, 0) is 68.4 Å². The van der Waals surface area contributed by atoms with Crippen LogP contribution in [0.2, 0.25) is 0 Å². The van der Waals surface area contributed by atoms with Crippen molar-refractivity contribution in [2.24, 2.45) is 0 Å². The van der Waals surface area contributed by atoms with E-state index in [0.717, 1.165) is 50.1 Å². The maximum absolute atomic E-state index is 12.2. The number of β-amino-alcohol motifs (C(OH)–C–C–N with tert-alkyl or cyclic N) is 1. The minimum atomic E-state index is -0.957. The molecule has 0 radical (unpaired) electrons. The number of hydrogen-bond donors (Lipinski definition) is 1. The standard InChI is InChI=1S/C28H38N2O3/c1-21(2)15-17-28(31,29-18-16-25(19-29)33-4)20-30-26-8-6-5-7-22(26)11-14-27(30)23-9-12-24(32-3)13-10-23/h5-10,12-13,25,27,31H,1,11,14-20H2,2-4H3. The third-order valence-electron chi connectivity index (χ3n) is 7.31. The molecule has 3 unspecified atom stereocenters.